The fourth-order valence-corrected chi connectivity index (χ4v) is 2.76. The molecule has 0 unspecified atom stereocenters. The molecule has 178 valence electrons. The van der Waals surface area contributed by atoms with Crippen LogP contribution in [0.1, 0.15) is 54.0 Å². The highest BCUT2D eigenvalue weighted by molar-refractivity contribution is 6.58. The van der Waals surface area contributed by atoms with Gasteiger partial charge in [-0.05, 0) is 43.6 Å². The van der Waals surface area contributed by atoms with Crippen LogP contribution in [0.15, 0.2) is 29.4 Å². The standard InChI is InChI=1S/C22H37BN4O5/c1-16(2)13-26(25-21(29)32-22(5,6)7)15-20(28)27(14-17(3)4)24-12-18-9-8-10-19(11-18)23(30)31/h8-12,16-17,30-31H,13-15H2,1-7H3,(H,25,29)/b24-12+. The van der Waals surface area contributed by atoms with Gasteiger partial charge in [0, 0.05) is 13.1 Å². The molecule has 0 bridgehead atoms. The Morgan fingerprint density at radius 3 is 2.31 bits per heavy atom. The normalized spacial score (nSPS) is 12.0. The summed E-state index contributed by atoms with van der Waals surface area (Å²) in [5.41, 5.74) is 2.97. The highest BCUT2D eigenvalue weighted by atomic mass is 16.6. The summed E-state index contributed by atoms with van der Waals surface area (Å²) in [6.07, 6.45) is 0.879. The second kappa shape index (κ2) is 12.6. The maximum absolute atomic E-state index is 13.0. The Hall–Kier alpha value is -2.43. The third-order valence-electron chi connectivity index (χ3n) is 3.94. The maximum atomic E-state index is 13.0. The van der Waals surface area contributed by atoms with Gasteiger partial charge in [0.25, 0.3) is 5.91 Å². The van der Waals surface area contributed by atoms with Gasteiger partial charge in [0.2, 0.25) is 0 Å². The molecule has 0 saturated heterocycles. The summed E-state index contributed by atoms with van der Waals surface area (Å²) in [4.78, 5) is 25.2. The van der Waals surface area contributed by atoms with Gasteiger partial charge >= 0.3 is 13.2 Å². The number of nitrogens with zero attached hydrogens (tertiary/aromatic N) is 3. The number of nitrogens with one attached hydrogen (secondary N) is 1. The third-order valence-corrected chi connectivity index (χ3v) is 3.94. The van der Waals surface area contributed by atoms with E-state index in [1.54, 1.807) is 45.0 Å². The van der Waals surface area contributed by atoms with Gasteiger partial charge in [-0.1, -0.05) is 52.0 Å². The highest BCUT2D eigenvalue weighted by Gasteiger charge is 2.23. The van der Waals surface area contributed by atoms with E-state index >= 15 is 0 Å². The second-order valence-electron chi connectivity index (χ2n) is 9.55. The summed E-state index contributed by atoms with van der Waals surface area (Å²) < 4.78 is 5.31. The van der Waals surface area contributed by atoms with Crippen molar-refractivity contribution in [2.75, 3.05) is 19.6 Å². The lowest BCUT2D eigenvalue weighted by Crippen LogP contribution is -2.50. The number of carbonyl (C=O) groups excluding carboxylic acids is 2. The SMILES string of the molecule is CC(C)CN(CC(=O)N(CC(C)C)/N=C/c1cccc(B(O)O)c1)NC(=O)OC(C)(C)C. The smallest absolute Gasteiger partial charge is 0.443 e. The molecule has 1 aromatic carbocycles. The van der Waals surface area contributed by atoms with Crippen LogP contribution in [-0.2, 0) is 9.53 Å². The molecule has 0 aliphatic rings. The quantitative estimate of drug-likeness (QED) is 0.285. The van der Waals surface area contributed by atoms with Gasteiger partial charge in [0.1, 0.15) is 5.60 Å². The Balaban J connectivity index is 2.97. The van der Waals surface area contributed by atoms with Crippen molar-refractivity contribution < 1.29 is 24.4 Å². The summed E-state index contributed by atoms with van der Waals surface area (Å²) in [5, 5.41) is 25.9. The van der Waals surface area contributed by atoms with Crippen molar-refractivity contribution in [2.45, 2.75) is 54.1 Å². The van der Waals surface area contributed by atoms with Crippen molar-refractivity contribution in [1.29, 1.82) is 0 Å². The molecule has 9 nitrogen and oxygen atoms in total. The molecule has 0 radical (unpaired) electrons. The molecule has 0 spiro atoms. The van der Waals surface area contributed by atoms with Crippen LogP contribution in [0.3, 0.4) is 0 Å². The van der Waals surface area contributed by atoms with Crippen LogP contribution in [0.5, 0.6) is 0 Å². The Morgan fingerprint density at radius 2 is 1.78 bits per heavy atom. The van der Waals surface area contributed by atoms with E-state index in [9.17, 15) is 19.6 Å². The number of amides is 2. The minimum Gasteiger partial charge on any atom is -0.443 e. The van der Waals surface area contributed by atoms with E-state index in [0.29, 0.717) is 24.1 Å². The molecule has 10 heteroatoms. The first kappa shape index (κ1) is 27.6. The Morgan fingerprint density at radius 1 is 1.16 bits per heavy atom. The maximum Gasteiger partial charge on any atom is 0.488 e. The molecule has 3 N–H and O–H groups in total. The number of hydrogen-bond donors (Lipinski definition) is 3. The first-order valence-corrected chi connectivity index (χ1v) is 10.8. The van der Waals surface area contributed by atoms with Crippen molar-refractivity contribution in [3.05, 3.63) is 29.8 Å². The molecule has 1 rings (SSSR count). The summed E-state index contributed by atoms with van der Waals surface area (Å²) >= 11 is 0. The first-order chi connectivity index (χ1) is 14.8. The molecule has 0 aliphatic heterocycles. The molecule has 0 aliphatic carbocycles. The van der Waals surface area contributed by atoms with Gasteiger partial charge < -0.3 is 14.8 Å². The number of carbonyl (C=O) groups is 2. The molecule has 0 fully saturated rings. The average molecular weight is 448 g/mol. The van der Waals surface area contributed by atoms with Crippen molar-refractivity contribution in [3.8, 4) is 0 Å². The van der Waals surface area contributed by atoms with Crippen LogP contribution in [-0.4, -0.2) is 70.6 Å². The molecular formula is C22H37BN4O5. The van der Waals surface area contributed by atoms with Gasteiger partial charge in [0.05, 0.1) is 12.8 Å². The molecule has 0 saturated carbocycles. The molecule has 1 aromatic rings. The van der Waals surface area contributed by atoms with Crippen molar-refractivity contribution in [3.63, 3.8) is 0 Å². The second-order valence-corrected chi connectivity index (χ2v) is 9.55. The Labute approximate surface area is 191 Å². The average Bonchev–Trinajstić information content (AvgIpc) is 2.62. The Kier molecular flexibility index (Phi) is 10.8. The van der Waals surface area contributed by atoms with Gasteiger partial charge in [-0.15, -0.1) is 0 Å². The minimum atomic E-state index is -1.58. The van der Waals surface area contributed by atoms with Crippen LogP contribution in [0.2, 0.25) is 0 Å². The molecule has 0 aromatic heterocycles. The van der Waals surface area contributed by atoms with E-state index in [4.69, 9.17) is 4.74 Å². The minimum absolute atomic E-state index is 0.0725. The monoisotopic (exact) mass is 448 g/mol. The van der Waals surface area contributed by atoms with E-state index in [1.807, 2.05) is 27.7 Å². The van der Waals surface area contributed by atoms with Gasteiger partial charge in [-0.3, -0.25) is 10.2 Å². The van der Waals surface area contributed by atoms with E-state index in [1.165, 1.54) is 16.2 Å². The molecular weight excluding hydrogens is 411 g/mol. The predicted octanol–water partition coefficient (Wildman–Crippen LogP) is 1.58. The van der Waals surface area contributed by atoms with Crippen LogP contribution < -0.4 is 10.9 Å². The topological polar surface area (TPSA) is 115 Å². The summed E-state index contributed by atoms with van der Waals surface area (Å²) in [6.45, 7) is 14.0. The molecule has 2 amide bonds. The van der Waals surface area contributed by atoms with Gasteiger partial charge in [0.15, 0.2) is 0 Å². The first-order valence-electron chi connectivity index (χ1n) is 10.8. The van der Waals surface area contributed by atoms with Crippen LogP contribution in [0.4, 0.5) is 4.79 Å². The van der Waals surface area contributed by atoms with Crippen LogP contribution >= 0.6 is 0 Å². The lowest BCUT2D eigenvalue weighted by atomic mass is 9.80. The van der Waals surface area contributed by atoms with E-state index < -0.39 is 18.8 Å². The number of hydrazine groups is 1. The number of hydrogen-bond acceptors (Lipinski definition) is 7. The van der Waals surface area contributed by atoms with Crippen LogP contribution in [0.25, 0.3) is 0 Å². The summed E-state index contributed by atoms with van der Waals surface area (Å²) in [7, 11) is -1.58. The summed E-state index contributed by atoms with van der Waals surface area (Å²) in [6, 6.07) is 6.61. The lowest BCUT2D eigenvalue weighted by Gasteiger charge is -2.28. The van der Waals surface area contributed by atoms with E-state index in [2.05, 4.69) is 10.5 Å². The molecule has 32 heavy (non-hydrogen) atoms. The van der Waals surface area contributed by atoms with Crippen molar-refractivity contribution >= 4 is 30.8 Å². The van der Waals surface area contributed by atoms with Gasteiger partial charge in [-0.25, -0.2) is 14.8 Å². The van der Waals surface area contributed by atoms with Crippen LogP contribution in [0, 0.1) is 11.8 Å². The Bertz CT molecular complexity index is 778. The zero-order valence-electron chi connectivity index (χ0n) is 20.2. The number of hydrazone groups is 1. The summed E-state index contributed by atoms with van der Waals surface area (Å²) in [5.74, 6) is 0.0801. The molecule has 0 heterocycles. The van der Waals surface area contributed by atoms with E-state index in [-0.39, 0.29) is 24.3 Å². The highest BCUT2D eigenvalue weighted by Crippen LogP contribution is 2.08. The van der Waals surface area contributed by atoms with Crippen molar-refractivity contribution in [2.24, 2.45) is 16.9 Å². The molecule has 0 atom stereocenters. The third kappa shape index (κ3) is 11.3. The fraction of sp³-hybridized carbons (Fsp3) is 0.591. The van der Waals surface area contributed by atoms with Gasteiger partial charge in [-0.2, -0.15) is 5.10 Å². The largest absolute Gasteiger partial charge is 0.488 e. The van der Waals surface area contributed by atoms with Crippen molar-refractivity contribution in [1.82, 2.24) is 15.4 Å². The fourth-order valence-electron chi connectivity index (χ4n) is 2.76. The zero-order chi connectivity index (χ0) is 24.5. The number of ether oxygens (including phenoxy) is 1. The number of rotatable bonds is 10. The predicted molar refractivity (Wildman–Crippen MR) is 126 cm³/mol. The van der Waals surface area contributed by atoms with E-state index in [0.717, 1.165) is 0 Å². The lowest BCUT2D eigenvalue weighted by molar-refractivity contribution is -0.133. The number of benzene rings is 1. The zero-order valence-corrected chi connectivity index (χ0v) is 20.2.